The third-order valence-electron chi connectivity index (χ3n) is 9.79. The molecular formula is C34H49NO3. The maximum atomic E-state index is 13.2. The number of nitrogens with one attached hydrogen (secondary N) is 1. The Balaban J connectivity index is 1.19. The Bertz CT molecular complexity index is 1020. The Morgan fingerprint density at radius 3 is 2.42 bits per heavy atom. The van der Waals surface area contributed by atoms with Crippen molar-refractivity contribution in [1.29, 1.82) is 5.41 Å². The fourth-order valence-electron chi connectivity index (χ4n) is 7.66. The smallest absolute Gasteiger partial charge is 0.168 e. The molecule has 0 spiro atoms. The summed E-state index contributed by atoms with van der Waals surface area (Å²) in [6.45, 7) is 6.44. The van der Waals surface area contributed by atoms with Crippen molar-refractivity contribution in [2.75, 3.05) is 6.61 Å². The van der Waals surface area contributed by atoms with Crippen LogP contribution in [0, 0.1) is 34.5 Å². The molecule has 4 heteroatoms. The van der Waals surface area contributed by atoms with Crippen LogP contribution in [0.3, 0.4) is 0 Å². The van der Waals surface area contributed by atoms with E-state index in [1.54, 1.807) is 0 Å². The van der Waals surface area contributed by atoms with Gasteiger partial charge in [-0.2, -0.15) is 0 Å². The van der Waals surface area contributed by atoms with Crippen molar-refractivity contribution >= 4 is 22.9 Å². The number of aliphatic hydroxyl groups excluding tert-OH is 1. The molecule has 0 amide bonds. The molecule has 0 aromatic heterocycles. The zero-order valence-electron chi connectivity index (χ0n) is 23.9. The number of hydrogen-bond acceptors (Lipinski definition) is 4. The van der Waals surface area contributed by atoms with Crippen molar-refractivity contribution in [3.63, 3.8) is 0 Å². The highest BCUT2D eigenvalue weighted by Gasteiger charge is 2.42. The molecule has 2 bridgehead atoms. The molecule has 208 valence electrons. The van der Waals surface area contributed by atoms with E-state index in [1.165, 1.54) is 31.2 Å². The Kier molecular flexibility index (Phi) is 9.79. The number of carbonyl (C=O) groups excluding carboxylic acids is 2. The van der Waals surface area contributed by atoms with Gasteiger partial charge in [0.05, 0.1) is 0 Å². The summed E-state index contributed by atoms with van der Waals surface area (Å²) in [7, 11) is 0. The zero-order valence-corrected chi connectivity index (χ0v) is 23.9. The lowest BCUT2D eigenvalue weighted by Gasteiger charge is -2.35. The first-order valence-corrected chi connectivity index (χ1v) is 15.2. The molecular weight excluding hydrogens is 470 g/mol. The van der Waals surface area contributed by atoms with Gasteiger partial charge in [-0.1, -0.05) is 51.1 Å². The van der Waals surface area contributed by atoms with Crippen LogP contribution >= 0.6 is 0 Å². The van der Waals surface area contributed by atoms with Crippen LogP contribution in [0.15, 0.2) is 30.3 Å². The van der Waals surface area contributed by atoms with Crippen molar-refractivity contribution in [1.82, 2.24) is 0 Å². The Morgan fingerprint density at radius 2 is 1.74 bits per heavy atom. The largest absolute Gasteiger partial charge is 0.396 e. The van der Waals surface area contributed by atoms with Gasteiger partial charge in [0, 0.05) is 43.1 Å². The van der Waals surface area contributed by atoms with Gasteiger partial charge in [0.1, 0.15) is 5.78 Å². The number of ketones is 2. The van der Waals surface area contributed by atoms with Gasteiger partial charge in [0.2, 0.25) is 0 Å². The third kappa shape index (κ3) is 7.11. The van der Waals surface area contributed by atoms with Crippen LogP contribution < -0.4 is 0 Å². The first-order valence-electron chi connectivity index (χ1n) is 15.2. The van der Waals surface area contributed by atoms with Gasteiger partial charge >= 0.3 is 0 Å². The molecule has 2 fully saturated rings. The SMILES string of the molecule is CCC1C=C(C(=O)CC(=N)CC2C[C@H]3CC[C@@H](C2)C3CCCC(=O)CCCC(C)(C)CO)c2ccccc21. The van der Waals surface area contributed by atoms with Crippen molar-refractivity contribution in [2.24, 2.45) is 29.1 Å². The number of benzene rings is 1. The van der Waals surface area contributed by atoms with Crippen molar-refractivity contribution in [2.45, 2.75) is 110 Å². The lowest BCUT2D eigenvalue weighted by molar-refractivity contribution is -0.119. The molecule has 2 N–H and O–H groups in total. The highest BCUT2D eigenvalue weighted by molar-refractivity contribution is 6.27. The predicted octanol–water partition coefficient (Wildman–Crippen LogP) is 7.93. The topological polar surface area (TPSA) is 78.2 Å². The van der Waals surface area contributed by atoms with Crippen LogP contribution in [0.2, 0.25) is 0 Å². The maximum Gasteiger partial charge on any atom is 0.168 e. The number of aliphatic hydroxyl groups is 1. The van der Waals surface area contributed by atoms with Crippen LogP contribution in [0.1, 0.15) is 121 Å². The fraction of sp³-hybridized carbons (Fsp3) is 0.676. The van der Waals surface area contributed by atoms with E-state index in [1.807, 2.05) is 6.07 Å². The van der Waals surface area contributed by atoms with Gasteiger partial charge in [0.25, 0.3) is 0 Å². The molecule has 38 heavy (non-hydrogen) atoms. The average molecular weight is 520 g/mol. The molecule has 4 nitrogen and oxygen atoms in total. The second-order valence-corrected chi connectivity index (χ2v) is 13.3. The van der Waals surface area contributed by atoms with E-state index < -0.39 is 0 Å². The lowest BCUT2D eigenvalue weighted by Crippen LogP contribution is -2.28. The summed E-state index contributed by atoms with van der Waals surface area (Å²) in [6, 6.07) is 8.25. The Morgan fingerprint density at radius 1 is 1.05 bits per heavy atom. The summed E-state index contributed by atoms with van der Waals surface area (Å²) in [4.78, 5) is 25.6. The molecule has 2 saturated carbocycles. The number of rotatable bonds is 15. The molecule has 4 rings (SSSR count). The molecule has 5 atom stereocenters. The van der Waals surface area contributed by atoms with E-state index in [0.717, 1.165) is 67.4 Å². The molecule has 3 aliphatic rings. The second-order valence-electron chi connectivity index (χ2n) is 13.3. The van der Waals surface area contributed by atoms with Crippen molar-refractivity contribution < 1.29 is 14.7 Å². The molecule has 3 unspecified atom stereocenters. The van der Waals surface area contributed by atoms with Gasteiger partial charge in [-0.3, -0.25) is 9.59 Å². The quantitative estimate of drug-likeness (QED) is 0.231. The van der Waals surface area contributed by atoms with E-state index in [-0.39, 0.29) is 24.2 Å². The molecule has 0 heterocycles. The van der Waals surface area contributed by atoms with E-state index in [9.17, 15) is 14.7 Å². The lowest BCUT2D eigenvalue weighted by atomic mass is 9.70. The summed E-state index contributed by atoms with van der Waals surface area (Å²) in [5.41, 5.74) is 3.67. The number of Topliss-reactive ketones (excluding diaryl/α,β-unsaturated/α-hetero) is 2. The predicted molar refractivity (Wildman–Crippen MR) is 155 cm³/mol. The second kappa shape index (κ2) is 12.9. The first-order chi connectivity index (χ1) is 18.2. The number of carbonyl (C=O) groups is 2. The summed E-state index contributed by atoms with van der Waals surface area (Å²) >= 11 is 0. The highest BCUT2D eigenvalue weighted by Crippen LogP contribution is 2.52. The fourth-order valence-corrected chi connectivity index (χ4v) is 7.66. The molecule has 0 saturated heterocycles. The Labute approximate surface area is 230 Å². The van der Waals surface area contributed by atoms with Crippen LogP contribution in [0.25, 0.3) is 5.57 Å². The van der Waals surface area contributed by atoms with Gasteiger partial charge in [0.15, 0.2) is 5.78 Å². The maximum absolute atomic E-state index is 13.2. The number of allylic oxidation sites excluding steroid dienone is 2. The number of hydrogen-bond donors (Lipinski definition) is 2. The first kappa shape index (κ1) is 28.9. The monoisotopic (exact) mass is 519 g/mol. The van der Waals surface area contributed by atoms with Crippen molar-refractivity contribution in [3.8, 4) is 0 Å². The minimum absolute atomic E-state index is 0.0842. The number of fused-ring (bicyclic) bond motifs is 3. The molecule has 0 radical (unpaired) electrons. The van der Waals surface area contributed by atoms with Crippen LogP contribution in [-0.2, 0) is 9.59 Å². The normalized spacial score (nSPS) is 26.2. The third-order valence-corrected chi connectivity index (χ3v) is 9.79. The van der Waals surface area contributed by atoms with Crippen LogP contribution in [0.5, 0.6) is 0 Å². The van der Waals surface area contributed by atoms with E-state index in [4.69, 9.17) is 5.41 Å². The summed E-state index contributed by atoms with van der Waals surface area (Å²) in [5.74, 6) is 3.56. The molecule has 3 aliphatic carbocycles. The molecule has 1 aromatic rings. The average Bonchev–Trinajstić information content (AvgIpc) is 3.37. The van der Waals surface area contributed by atoms with Crippen molar-refractivity contribution in [3.05, 3.63) is 41.5 Å². The highest BCUT2D eigenvalue weighted by atomic mass is 16.3. The summed E-state index contributed by atoms with van der Waals surface area (Å²) in [6.07, 6.45) is 14.4. The minimum Gasteiger partial charge on any atom is -0.396 e. The minimum atomic E-state index is -0.0842. The Hall–Kier alpha value is -2.07. The van der Waals surface area contributed by atoms with Gasteiger partial charge in [-0.25, -0.2) is 0 Å². The summed E-state index contributed by atoms with van der Waals surface area (Å²) < 4.78 is 0. The van der Waals surface area contributed by atoms with Gasteiger partial charge in [-0.15, -0.1) is 0 Å². The van der Waals surface area contributed by atoms with Gasteiger partial charge in [-0.05, 0) is 104 Å². The molecule has 0 aliphatic heterocycles. The van der Waals surface area contributed by atoms with E-state index >= 15 is 0 Å². The van der Waals surface area contributed by atoms with E-state index in [0.29, 0.717) is 36.2 Å². The summed E-state index contributed by atoms with van der Waals surface area (Å²) in [5, 5.41) is 18.1. The standard InChI is InChI=1S/C34H49NO3/c1-4-24-20-32(31-12-6-5-11-30(24)31)33(38)21-27(35)19-23-17-25-14-15-26(18-23)29(25)13-7-9-28(37)10-8-16-34(2,3)22-36/h5-6,11-12,20,23-26,29,35-36H,4,7-10,13-19,21-22H2,1-3H3/t23?,24?,25-,26+,29?. The molecule has 1 aromatic carbocycles. The van der Waals surface area contributed by atoms with Gasteiger partial charge < -0.3 is 10.5 Å². The van der Waals surface area contributed by atoms with Crippen LogP contribution in [0.4, 0.5) is 0 Å². The van der Waals surface area contributed by atoms with E-state index in [2.05, 4.69) is 45.0 Å². The van der Waals surface area contributed by atoms with Crippen LogP contribution in [-0.4, -0.2) is 29.0 Å². The zero-order chi connectivity index (χ0) is 27.3.